The van der Waals surface area contributed by atoms with E-state index in [9.17, 15) is 4.79 Å². The number of aromatic nitrogens is 3. The van der Waals surface area contributed by atoms with Crippen LogP contribution in [0, 0.1) is 0 Å². The summed E-state index contributed by atoms with van der Waals surface area (Å²) in [6.45, 7) is 2.45. The lowest BCUT2D eigenvalue weighted by Gasteiger charge is -2.31. The van der Waals surface area contributed by atoms with Crippen LogP contribution in [0.3, 0.4) is 0 Å². The molecule has 1 aliphatic rings. The van der Waals surface area contributed by atoms with Crippen LogP contribution in [0.2, 0.25) is 0 Å². The highest BCUT2D eigenvalue weighted by Crippen LogP contribution is 2.19. The SMILES string of the molecule is Cl.O=C(CCc1nc(-c2ccoc2)no1)N(Cc1ccccn1)C1CCCNCC1. The second-order valence-electron chi connectivity index (χ2n) is 7.20. The third kappa shape index (κ3) is 5.67. The molecule has 1 unspecified atom stereocenters. The number of carbonyl (C=O) groups is 1. The highest BCUT2D eigenvalue weighted by atomic mass is 35.5. The molecule has 3 aromatic heterocycles. The lowest BCUT2D eigenvalue weighted by atomic mass is 10.1. The van der Waals surface area contributed by atoms with Gasteiger partial charge in [0.05, 0.1) is 24.1 Å². The lowest BCUT2D eigenvalue weighted by Crippen LogP contribution is -2.40. The monoisotopic (exact) mass is 431 g/mol. The first-order valence-electron chi connectivity index (χ1n) is 10.0. The van der Waals surface area contributed by atoms with Gasteiger partial charge >= 0.3 is 0 Å². The molecule has 160 valence electrons. The average Bonchev–Trinajstić information content (AvgIpc) is 3.38. The van der Waals surface area contributed by atoms with Gasteiger partial charge in [-0.15, -0.1) is 12.4 Å². The fourth-order valence-corrected chi connectivity index (χ4v) is 3.62. The van der Waals surface area contributed by atoms with E-state index in [1.165, 1.54) is 0 Å². The largest absolute Gasteiger partial charge is 0.472 e. The molecule has 4 heterocycles. The molecule has 3 aromatic rings. The van der Waals surface area contributed by atoms with E-state index in [1.54, 1.807) is 24.8 Å². The van der Waals surface area contributed by atoms with Gasteiger partial charge in [-0.1, -0.05) is 11.2 Å². The Balaban J connectivity index is 0.00000256. The number of carbonyl (C=O) groups excluding carboxylic acids is 1. The van der Waals surface area contributed by atoms with E-state index < -0.39 is 0 Å². The van der Waals surface area contributed by atoms with Crippen molar-refractivity contribution in [3.05, 3.63) is 54.6 Å². The summed E-state index contributed by atoms with van der Waals surface area (Å²) in [5.74, 6) is 1.02. The molecule has 1 atom stereocenters. The average molecular weight is 432 g/mol. The summed E-state index contributed by atoms with van der Waals surface area (Å²) < 4.78 is 10.4. The minimum absolute atomic E-state index is 0. The summed E-state index contributed by atoms with van der Waals surface area (Å²) in [6.07, 6.45) is 8.63. The molecule has 1 aliphatic heterocycles. The number of rotatable bonds is 7. The zero-order valence-corrected chi connectivity index (χ0v) is 17.5. The number of aryl methyl sites for hydroxylation is 1. The van der Waals surface area contributed by atoms with E-state index in [-0.39, 0.29) is 24.4 Å². The molecule has 1 fully saturated rings. The van der Waals surface area contributed by atoms with Crippen molar-refractivity contribution in [2.24, 2.45) is 0 Å². The zero-order chi connectivity index (χ0) is 19.9. The van der Waals surface area contributed by atoms with Gasteiger partial charge < -0.3 is 19.2 Å². The molecule has 0 bridgehead atoms. The van der Waals surface area contributed by atoms with Crippen LogP contribution in [-0.4, -0.2) is 45.1 Å². The van der Waals surface area contributed by atoms with Crippen molar-refractivity contribution < 1.29 is 13.7 Å². The molecule has 0 spiro atoms. The van der Waals surface area contributed by atoms with E-state index in [2.05, 4.69) is 20.4 Å². The van der Waals surface area contributed by atoms with Gasteiger partial charge in [0.25, 0.3) is 0 Å². The molecule has 30 heavy (non-hydrogen) atoms. The first kappa shape index (κ1) is 22.0. The Morgan fingerprint density at radius 1 is 1.23 bits per heavy atom. The summed E-state index contributed by atoms with van der Waals surface area (Å²) in [7, 11) is 0. The maximum atomic E-state index is 13.1. The van der Waals surface area contributed by atoms with Gasteiger partial charge in [0.15, 0.2) is 0 Å². The number of halogens is 1. The Bertz CT molecular complexity index is 893. The van der Waals surface area contributed by atoms with Crippen LogP contribution in [-0.2, 0) is 17.8 Å². The van der Waals surface area contributed by atoms with Crippen LogP contribution < -0.4 is 5.32 Å². The molecule has 0 aromatic carbocycles. The maximum absolute atomic E-state index is 13.1. The van der Waals surface area contributed by atoms with Crippen molar-refractivity contribution in [2.45, 2.75) is 44.7 Å². The van der Waals surface area contributed by atoms with Crippen LogP contribution in [0.15, 0.2) is 51.9 Å². The Morgan fingerprint density at radius 3 is 2.97 bits per heavy atom. The minimum Gasteiger partial charge on any atom is -0.472 e. The van der Waals surface area contributed by atoms with Gasteiger partial charge in [-0.3, -0.25) is 9.78 Å². The number of nitrogens with one attached hydrogen (secondary N) is 1. The van der Waals surface area contributed by atoms with Crippen LogP contribution in [0.4, 0.5) is 0 Å². The lowest BCUT2D eigenvalue weighted by molar-refractivity contribution is -0.134. The van der Waals surface area contributed by atoms with Crippen molar-refractivity contribution in [3.63, 3.8) is 0 Å². The van der Waals surface area contributed by atoms with E-state index in [4.69, 9.17) is 8.94 Å². The third-order valence-electron chi connectivity index (χ3n) is 5.17. The van der Waals surface area contributed by atoms with E-state index in [0.717, 1.165) is 43.6 Å². The first-order valence-corrected chi connectivity index (χ1v) is 10.0. The van der Waals surface area contributed by atoms with Gasteiger partial charge in [0, 0.05) is 25.1 Å². The van der Waals surface area contributed by atoms with Crippen LogP contribution in [0.25, 0.3) is 11.4 Å². The summed E-state index contributed by atoms with van der Waals surface area (Å²) in [5.41, 5.74) is 1.66. The molecular formula is C21H26ClN5O3. The molecular weight excluding hydrogens is 406 g/mol. The second kappa shape index (κ2) is 10.9. The van der Waals surface area contributed by atoms with Gasteiger partial charge in [0.1, 0.15) is 6.26 Å². The number of pyridine rings is 1. The van der Waals surface area contributed by atoms with E-state index >= 15 is 0 Å². The summed E-state index contributed by atoms with van der Waals surface area (Å²) in [5, 5.41) is 7.38. The first-order chi connectivity index (χ1) is 14.3. The van der Waals surface area contributed by atoms with Crippen LogP contribution in [0.5, 0.6) is 0 Å². The van der Waals surface area contributed by atoms with Crippen molar-refractivity contribution >= 4 is 18.3 Å². The number of hydrogen-bond acceptors (Lipinski definition) is 7. The second-order valence-corrected chi connectivity index (χ2v) is 7.20. The van der Waals surface area contributed by atoms with Crippen LogP contribution in [0.1, 0.15) is 37.3 Å². The normalized spacial score (nSPS) is 16.5. The zero-order valence-electron chi connectivity index (χ0n) is 16.7. The molecule has 9 heteroatoms. The highest BCUT2D eigenvalue weighted by Gasteiger charge is 2.25. The number of furan rings is 1. The van der Waals surface area contributed by atoms with E-state index in [0.29, 0.717) is 31.1 Å². The molecule has 0 saturated carbocycles. The molecule has 1 N–H and O–H groups in total. The smallest absolute Gasteiger partial charge is 0.227 e. The molecule has 4 rings (SSSR count). The van der Waals surface area contributed by atoms with Crippen molar-refractivity contribution in [1.82, 2.24) is 25.3 Å². The fourth-order valence-electron chi connectivity index (χ4n) is 3.62. The van der Waals surface area contributed by atoms with Gasteiger partial charge in [0.2, 0.25) is 17.6 Å². The highest BCUT2D eigenvalue weighted by molar-refractivity contribution is 5.85. The quantitative estimate of drug-likeness (QED) is 0.613. The van der Waals surface area contributed by atoms with Crippen molar-refractivity contribution in [2.75, 3.05) is 13.1 Å². The Kier molecular flexibility index (Phi) is 7.98. The molecule has 0 aliphatic carbocycles. The predicted molar refractivity (Wildman–Crippen MR) is 113 cm³/mol. The van der Waals surface area contributed by atoms with Crippen molar-refractivity contribution in [1.29, 1.82) is 0 Å². The number of nitrogens with zero attached hydrogens (tertiary/aromatic N) is 4. The minimum atomic E-state index is 0. The third-order valence-corrected chi connectivity index (χ3v) is 5.17. The molecule has 1 saturated heterocycles. The van der Waals surface area contributed by atoms with Crippen LogP contribution >= 0.6 is 12.4 Å². The number of hydrogen-bond donors (Lipinski definition) is 1. The fraction of sp³-hybridized carbons (Fsp3) is 0.429. The maximum Gasteiger partial charge on any atom is 0.227 e. The standard InChI is InChI=1S/C21H25N5O3.ClH/c27-20(7-6-19-24-21(25-29-19)16-9-13-28-15-16)26(14-17-4-1-2-11-23-17)18-5-3-10-22-12-8-18;/h1-2,4,9,11,13,15,18,22H,3,5-8,10,12,14H2;1H. The van der Waals surface area contributed by atoms with Crippen molar-refractivity contribution in [3.8, 4) is 11.4 Å². The topological polar surface area (TPSA) is 97.3 Å². The Morgan fingerprint density at radius 2 is 2.17 bits per heavy atom. The Labute approximate surface area is 181 Å². The van der Waals surface area contributed by atoms with E-state index in [1.807, 2.05) is 23.1 Å². The number of amides is 1. The summed E-state index contributed by atoms with van der Waals surface area (Å²) in [6, 6.07) is 7.79. The molecule has 0 radical (unpaired) electrons. The summed E-state index contributed by atoms with van der Waals surface area (Å²) in [4.78, 5) is 23.9. The van der Waals surface area contributed by atoms with Gasteiger partial charge in [-0.2, -0.15) is 4.98 Å². The predicted octanol–water partition coefficient (Wildman–Crippen LogP) is 3.25. The van der Waals surface area contributed by atoms with Gasteiger partial charge in [-0.25, -0.2) is 0 Å². The molecule has 1 amide bonds. The summed E-state index contributed by atoms with van der Waals surface area (Å²) >= 11 is 0. The Hall–Kier alpha value is -2.71. The van der Waals surface area contributed by atoms with Gasteiger partial charge in [-0.05, 0) is 50.6 Å². The molecule has 8 nitrogen and oxygen atoms in total.